The second-order valence-electron chi connectivity index (χ2n) is 7.02. The van der Waals surface area contributed by atoms with Crippen LogP contribution in [0.5, 0.6) is 0 Å². The molecule has 1 saturated heterocycles. The average Bonchev–Trinajstić information content (AvgIpc) is 3.05. The monoisotopic (exact) mass is 304 g/mol. The number of carbonyl (C=O) groups excluding carboxylic acids is 1. The predicted octanol–water partition coefficient (Wildman–Crippen LogP) is 2.05. The number of carbonyl (C=O) groups is 1. The van der Waals surface area contributed by atoms with Gasteiger partial charge in [0.25, 0.3) is 0 Å². The Morgan fingerprint density at radius 1 is 1.32 bits per heavy atom. The number of aromatic nitrogens is 2. The second kappa shape index (κ2) is 6.41. The molecule has 5 nitrogen and oxygen atoms in total. The molecule has 0 spiro atoms. The molecular weight excluding hydrogens is 276 g/mol. The summed E-state index contributed by atoms with van der Waals surface area (Å²) in [5, 5.41) is 11.0. The average molecular weight is 304 g/mol. The molecule has 1 aliphatic heterocycles. The van der Waals surface area contributed by atoms with E-state index in [0.717, 1.165) is 32.5 Å². The second-order valence-corrected chi connectivity index (χ2v) is 7.02. The van der Waals surface area contributed by atoms with Crippen molar-refractivity contribution in [3.05, 3.63) is 18.5 Å². The minimum absolute atomic E-state index is 0.153. The number of nitrogens with one attached hydrogen (secondary N) is 2. The molecule has 0 bridgehead atoms. The van der Waals surface area contributed by atoms with Gasteiger partial charge in [0, 0.05) is 18.9 Å². The maximum Gasteiger partial charge on any atom is 0.248 e. The number of hydrogen-bond donors (Lipinski definition) is 2. The summed E-state index contributed by atoms with van der Waals surface area (Å²) in [6.07, 6.45) is 11.6. The minimum atomic E-state index is -0.508. The summed E-state index contributed by atoms with van der Waals surface area (Å²) < 4.78 is 1.87. The van der Waals surface area contributed by atoms with Crippen LogP contribution in [-0.2, 0) is 10.3 Å². The third kappa shape index (κ3) is 2.78. The summed E-state index contributed by atoms with van der Waals surface area (Å²) in [6.45, 7) is 4.80. The van der Waals surface area contributed by atoms with Gasteiger partial charge in [0.05, 0.1) is 0 Å². The number of rotatable bonds is 6. The maximum absolute atomic E-state index is 13.0. The first kappa shape index (κ1) is 15.5. The molecule has 5 heteroatoms. The van der Waals surface area contributed by atoms with Gasteiger partial charge in [0.15, 0.2) is 0 Å². The maximum atomic E-state index is 13.0. The Balaban J connectivity index is 1.70. The molecule has 3 rings (SSSR count). The summed E-state index contributed by atoms with van der Waals surface area (Å²) >= 11 is 0. The van der Waals surface area contributed by atoms with Crippen molar-refractivity contribution < 1.29 is 4.79 Å². The summed E-state index contributed by atoms with van der Waals surface area (Å²) in [5.74, 6) is 0.153. The Kier molecular flexibility index (Phi) is 4.52. The molecule has 1 aromatic rings. The van der Waals surface area contributed by atoms with Crippen LogP contribution in [0.2, 0.25) is 0 Å². The van der Waals surface area contributed by atoms with Crippen LogP contribution >= 0.6 is 0 Å². The van der Waals surface area contributed by atoms with Crippen molar-refractivity contribution in [2.75, 3.05) is 19.6 Å². The lowest BCUT2D eigenvalue weighted by Gasteiger charge is -2.43. The SMILES string of the molecule is CCCC1(CNC(=O)C2(n3cccn3)CCNCC2)CCC1. The lowest BCUT2D eigenvalue weighted by Crippen LogP contribution is -2.56. The van der Waals surface area contributed by atoms with Crippen LogP contribution in [-0.4, -0.2) is 35.3 Å². The third-order valence-corrected chi connectivity index (χ3v) is 5.61. The highest BCUT2D eigenvalue weighted by Gasteiger charge is 2.43. The first-order valence-corrected chi connectivity index (χ1v) is 8.70. The van der Waals surface area contributed by atoms with Gasteiger partial charge in [-0.1, -0.05) is 19.8 Å². The quantitative estimate of drug-likeness (QED) is 0.845. The van der Waals surface area contributed by atoms with E-state index in [1.807, 2.05) is 16.9 Å². The number of piperidine rings is 1. The van der Waals surface area contributed by atoms with E-state index in [9.17, 15) is 4.79 Å². The normalized spacial score (nSPS) is 22.8. The molecule has 1 aromatic heterocycles. The molecule has 1 amide bonds. The molecule has 0 unspecified atom stereocenters. The van der Waals surface area contributed by atoms with Crippen molar-refractivity contribution in [3.63, 3.8) is 0 Å². The molecule has 122 valence electrons. The van der Waals surface area contributed by atoms with E-state index in [4.69, 9.17) is 0 Å². The molecular formula is C17H28N4O. The number of nitrogens with zero attached hydrogens (tertiary/aromatic N) is 2. The fourth-order valence-electron chi connectivity index (χ4n) is 4.08. The van der Waals surface area contributed by atoms with Gasteiger partial charge in [-0.15, -0.1) is 0 Å². The van der Waals surface area contributed by atoms with Crippen molar-refractivity contribution in [2.24, 2.45) is 5.41 Å². The zero-order valence-corrected chi connectivity index (χ0v) is 13.6. The van der Waals surface area contributed by atoms with Crippen LogP contribution in [0.4, 0.5) is 0 Å². The zero-order chi connectivity index (χ0) is 15.5. The van der Waals surface area contributed by atoms with E-state index in [-0.39, 0.29) is 5.91 Å². The topological polar surface area (TPSA) is 59.0 Å². The fraction of sp³-hybridized carbons (Fsp3) is 0.765. The molecule has 22 heavy (non-hydrogen) atoms. The molecule has 1 aliphatic carbocycles. The standard InChI is InChI=1S/C17H28N4O/c1-2-5-16(6-3-7-16)14-19-15(22)17(8-11-18-12-9-17)21-13-4-10-20-21/h4,10,13,18H,2-3,5-9,11-12,14H2,1H3,(H,19,22). The van der Waals surface area contributed by atoms with Crippen LogP contribution in [0.25, 0.3) is 0 Å². The highest BCUT2D eigenvalue weighted by molar-refractivity contribution is 5.84. The summed E-state index contributed by atoms with van der Waals surface area (Å²) in [4.78, 5) is 13.0. The zero-order valence-electron chi connectivity index (χ0n) is 13.6. The fourth-order valence-corrected chi connectivity index (χ4v) is 4.08. The van der Waals surface area contributed by atoms with Crippen LogP contribution in [0, 0.1) is 5.41 Å². The van der Waals surface area contributed by atoms with Crippen molar-refractivity contribution in [1.82, 2.24) is 20.4 Å². The van der Waals surface area contributed by atoms with Gasteiger partial charge in [-0.2, -0.15) is 5.10 Å². The van der Waals surface area contributed by atoms with Crippen LogP contribution in [0.15, 0.2) is 18.5 Å². The van der Waals surface area contributed by atoms with Crippen molar-refractivity contribution in [1.29, 1.82) is 0 Å². The van der Waals surface area contributed by atoms with Crippen LogP contribution < -0.4 is 10.6 Å². The largest absolute Gasteiger partial charge is 0.353 e. The molecule has 0 atom stereocenters. The highest BCUT2D eigenvalue weighted by Crippen LogP contribution is 2.44. The van der Waals surface area contributed by atoms with Gasteiger partial charge < -0.3 is 10.6 Å². The molecule has 2 heterocycles. The van der Waals surface area contributed by atoms with E-state index in [0.29, 0.717) is 5.41 Å². The van der Waals surface area contributed by atoms with E-state index in [1.54, 1.807) is 6.20 Å². The first-order chi connectivity index (χ1) is 10.7. The number of hydrogen-bond acceptors (Lipinski definition) is 3. The van der Waals surface area contributed by atoms with Crippen molar-refractivity contribution in [2.45, 2.75) is 57.4 Å². The lowest BCUT2D eigenvalue weighted by atomic mass is 9.66. The minimum Gasteiger partial charge on any atom is -0.353 e. The van der Waals surface area contributed by atoms with E-state index in [1.165, 1.54) is 32.1 Å². The highest BCUT2D eigenvalue weighted by atomic mass is 16.2. The van der Waals surface area contributed by atoms with E-state index in [2.05, 4.69) is 22.7 Å². The lowest BCUT2D eigenvalue weighted by molar-refractivity contribution is -0.133. The van der Waals surface area contributed by atoms with Crippen molar-refractivity contribution in [3.8, 4) is 0 Å². The first-order valence-electron chi connectivity index (χ1n) is 8.70. The predicted molar refractivity (Wildman–Crippen MR) is 86.5 cm³/mol. The molecule has 2 aliphatic rings. The van der Waals surface area contributed by atoms with Gasteiger partial charge in [-0.25, -0.2) is 0 Å². The molecule has 2 N–H and O–H groups in total. The van der Waals surface area contributed by atoms with E-state index < -0.39 is 5.54 Å². The summed E-state index contributed by atoms with van der Waals surface area (Å²) in [5.41, 5.74) is -0.144. The van der Waals surface area contributed by atoms with Crippen molar-refractivity contribution >= 4 is 5.91 Å². The Morgan fingerprint density at radius 2 is 2.09 bits per heavy atom. The van der Waals surface area contributed by atoms with Gasteiger partial charge in [0.2, 0.25) is 5.91 Å². The van der Waals surface area contributed by atoms with Gasteiger partial charge >= 0.3 is 0 Å². The Hall–Kier alpha value is -1.36. The van der Waals surface area contributed by atoms with Crippen LogP contribution in [0.3, 0.4) is 0 Å². The smallest absolute Gasteiger partial charge is 0.248 e. The summed E-state index contributed by atoms with van der Waals surface area (Å²) in [7, 11) is 0. The summed E-state index contributed by atoms with van der Waals surface area (Å²) in [6, 6.07) is 1.90. The molecule has 1 saturated carbocycles. The van der Waals surface area contributed by atoms with Gasteiger partial charge in [0.1, 0.15) is 5.54 Å². The molecule has 2 fully saturated rings. The van der Waals surface area contributed by atoms with Crippen LogP contribution in [0.1, 0.15) is 51.9 Å². The Morgan fingerprint density at radius 3 is 2.64 bits per heavy atom. The van der Waals surface area contributed by atoms with E-state index >= 15 is 0 Å². The molecule has 0 aromatic carbocycles. The Bertz CT molecular complexity index is 487. The van der Waals surface area contributed by atoms with Gasteiger partial charge in [-0.05, 0) is 56.7 Å². The third-order valence-electron chi connectivity index (χ3n) is 5.61. The Labute approximate surface area is 132 Å². The van der Waals surface area contributed by atoms with Gasteiger partial charge in [-0.3, -0.25) is 9.48 Å². The number of amides is 1. The molecule has 0 radical (unpaired) electrons.